The van der Waals surface area contributed by atoms with Crippen LogP contribution in [-0.4, -0.2) is 18.6 Å². The minimum Gasteiger partial charge on any atom is -0.481 e. The number of nitrogens with zero attached hydrogens (tertiary/aromatic N) is 1. The van der Waals surface area contributed by atoms with Crippen molar-refractivity contribution < 1.29 is 4.74 Å². The van der Waals surface area contributed by atoms with Gasteiger partial charge in [-0.05, 0) is 35.7 Å². The summed E-state index contributed by atoms with van der Waals surface area (Å²) in [6.07, 6.45) is 2.97. The van der Waals surface area contributed by atoms with Crippen molar-refractivity contribution >= 4 is 0 Å². The van der Waals surface area contributed by atoms with E-state index in [0.717, 1.165) is 25.1 Å². The van der Waals surface area contributed by atoms with Gasteiger partial charge in [0, 0.05) is 24.4 Å². The molecule has 0 bridgehead atoms. The van der Waals surface area contributed by atoms with E-state index in [4.69, 9.17) is 4.74 Å². The first-order chi connectivity index (χ1) is 8.88. The lowest BCUT2D eigenvalue weighted by Crippen LogP contribution is -2.24. The summed E-state index contributed by atoms with van der Waals surface area (Å²) >= 11 is 0. The Morgan fingerprint density at radius 2 is 2.17 bits per heavy atom. The number of hydrogen-bond acceptors (Lipinski definition) is 3. The summed E-state index contributed by atoms with van der Waals surface area (Å²) in [7, 11) is 1.64. The Balaban J connectivity index is 2.05. The van der Waals surface area contributed by atoms with E-state index < -0.39 is 0 Å². The number of nitrogens with one attached hydrogen (secondary N) is 1. The van der Waals surface area contributed by atoms with Crippen LogP contribution < -0.4 is 10.1 Å². The second-order valence-corrected chi connectivity index (χ2v) is 4.46. The summed E-state index contributed by atoms with van der Waals surface area (Å²) in [4.78, 5) is 4.28. The second kappa shape index (κ2) is 4.78. The Kier molecular flexibility index (Phi) is 2.99. The lowest BCUT2D eigenvalue weighted by molar-refractivity contribution is 0.398. The molecule has 3 heteroatoms. The number of rotatable bonds is 2. The summed E-state index contributed by atoms with van der Waals surface area (Å²) in [6.45, 7) is 2.01. The minimum absolute atomic E-state index is 0.658. The van der Waals surface area contributed by atoms with E-state index in [9.17, 15) is 0 Å². The molecule has 0 radical (unpaired) electrons. The summed E-state index contributed by atoms with van der Waals surface area (Å²) in [5, 5.41) is 3.40. The van der Waals surface area contributed by atoms with Gasteiger partial charge in [0.1, 0.15) is 0 Å². The predicted octanol–water partition coefficient (Wildman–Crippen LogP) is 2.40. The average Bonchev–Trinajstić information content (AvgIpc) is 2.47. The summed E-state index contributed by atoms with van der Waals surface area (Å²) in [5.74, 6) is 0.658. The first kappa shape index (κ1) is 11.2. The Bertz CT molecular complexity index is 549. The molecule has 1 aromatic carbocycles. The van der Waals surface area contributed by atoms with Crippen molar-refractivity contribution in [3.8, 4) is 17.0 Å². The third kappa shape index (κ3) is 1.97. The van der Waals surface area contributed by atoms with Crippen molar-refractivity contribution in [1.29, 1.82) is 0 Å². The smallest absolute Gasteiger partial charge is 0.212 e. The molecule has 0 saturated heterocycles. The molecule has 0 spiro atoms. The van der Waals surface area contributed by atoms with Gasteiger partial charge < -0.3 is 10.1 Å². The van der Waals surface area contributed by atoms with E-state index in [1.165, 1.54) is 16.7 Å². The van der Waals surface area contributed by atoms with Gasteiger partial charge in [-0.2, -0.15) is 0 Å². The van der Waals surface area contributed by atoms with Crippen LogP contribution in [0.5, 0.6) is 5.88 Å². The molecule has 18 heavy (non-hydrogen) atoms. The third-order valence-electron chi connectivity index (χ3n) is 3.40. The molecule has 1 N–H and O–H groups in total. The molecule has 2 heterocycles. The van der Waals surface area contributed by atoms with Crippen LogP contribution in [0, 0.1) is 0 Å². The van der Waals surface area contributed by atoms with Gasteiger partial charge in [0.2, 0.25) is 5.88 Å². The zero-order chi connectivity index (χ0) is 12.4. The van der Waals surface area contributed by atoms with Gasteiger partial charge in [-0.3, -0.25) is 0 Å². The van der Waals surface area contributed by atoms with Gasteiger partial charge in [0.25, 0.3) is 0 Å². The van der Waals surface area contributed by atoms with Gasteiger partial charge in [-0.25, -0.2) is 4.98 Å². The molecule has 1 aliphatic rings. The maximum Gasteiger partial charge on any atom is 0.212 e. The molecule has 0 aliphatic carbocycles. The van der Waals surface area contributed by atoms with Gasteiger partial charge in [0.15, 0.2) is 0 Å². The van der Waals surface area contributed by atoms with Crippen molar-refractivity contribution in [3.63, 3.8) is 0 Å². The fourth-order valence-corrected chi connectivity index (χ4v) is 2.46. The SMILES string of the molecule is COc1ccc(-c2cccc3c2CCNC3)cn1. The van der Waals surface area contributed by atoms with Crippen LogP contribution in [-0.2, 0) is 13.0 Å². The maximum atomic E-state index is 5.10. The molecule has 0 saturated carbocycles. The fraction of sp³-hybridized carbons (Fsp3) is 0.267. The number of aromatic nitrogens is 1. The predicted molar refractivity (Wildman–Crippen MR) is 71.6 cm³/mol. The lowest BCUT2D eigenvalue weighted by Gasteiger charge is -2.20. The van der Waals surface area contributed by atoms with E-state index in [1.807, 2.05) is 12.3 Å². The molecule has 1 aliphatic heterocycles. The van der Waals surface area contributed by atoms with Crippen LogP contribution in [0.2, 0.25) is 0 Å². The first-order valence-electron chi connectivity index (χ1n) is 6.20. The largest absolute Gasteiger partial charge is 0.481 e. The highest BCUT2D eigenvalue weighted by Gasteiger charge is 2.13. The molecule has 0 fully saturated rings. The number of fused-ring (bicyclic) bond motifs is 1. The monoisotopic (exact) mass is 240 g/mol. The van der Waals surface area contributed by atoms with Gasteiger partial charge in [0.05, 0.1) is 7.11 Å². The van der Waals surface area contributed by atoms with Crippen LogP contribution in [0.3, 0.4) is 0 Å². The van der Waals surface area contributed by atoms with Crippen molar-refractivity contribution in [2.75, 3.05) is 13.7 Å². The molecule has 92 valence electrons. The van der Waals surface area contributed by atoms with Crippen molar-refractivity contribution in [2.24, 2.45) is 0 Å². The highest BCUT2D eigenvalue weighted by atomic mass is 16.5. The molecular weight excluding hydrogens is 224 g/mol. The topological polar surface area (TPSA) is 34.1 Å². The zero-order valence-corrected chi connectivity index (χ0v) is 10.4. The number of pyridine rings is 1. The lowest BCUT2D eigenvalue weighted by atomic mass is 9.92. The average molecular weight is 240 g/mol. The van der Waals surface area contributed by atoms with Crippen LogP contribution in [0.15, 0.2) is 36.5 Å². The number of hydrogen-bond donors (Lipinski definition) is 1. The Hall–Kier alpha value is -1.87. The number of benzene rings is 1. The van der Waals surface area contributed by atoms with Crippen LogP contribution in [0.25, 0.3) is 11.1 Å². The molecular formula is C15H16N2O. The van der Waals surface area contributed by atoms with Crippen LogP contribution in [0.1, 0.15) is 11.1 Å². The highest BCUT2D eigenvalue weighted by Crippen LogP contribution is 2.28. The van der Waals surface area contributed by atoms with Crippen LogP contribution >= 0.6 is 0 Å². The van der Waals surface area contributed by atoms with Gasteiger partial charge in [-0.15, -0.1) is 0 Å². The molecule has 0 unspecified atom stereocenters. The number of ether oxygens (including phenoxy) is 1. The van der Waals surface area contributed by atoms with E-state index in [1.54, 1.807) is 7.11 Å². The molecule has 2 aromatic rings. The molecule has 0 amide bonds. The normalized spacial score (nSPS) is 14.1. The quantitative estimate of drug-likeness (QED) is 0.875. The van der Waals surface area contributed by atoms with E-state index in [0.29, 0.717) is 5.88 Å². The zero-order valence-electron chi connectivity index (χ0n) is 10.4. The van der Waals surface area contributed by atoms with Crippen molar-refractivity contribution in [1.82, 2.24) is 10.3 Å². The van der Waals surface area contributed by atoms with E-state index in [2.05, 4.69) is 34.6 Å². The van der Waals surface area contributed by atoms with E-state index in [-0.39, 0.29) is 0 Å². The summed E-state index contributed by atoms with van der Waals surface area (Å²) < 4.78 is 5.10. The molecule has 0 atom stereocenters. The Morgan fingerprint density at radius 1 is 1.22 bits per heavy atom. The van der Waals surface area contributed by atoms with E-state index >= 15 is 0 Å². The fourth-order valence-electron chi connectivity index (χ4n) is 2.46. The van der Waals surface area contributed by atoms with Gasteiger partial charge in [-0.1, -0.05) is 18.2 Å². The van der Waals surface area contributed by atoms with Crippen molar-refractivity contribution in [2.45, 2.75) is 13.0 Å². The standard InChI is InChI=1S/C15H16N2O/c1-18-15-6-5-12(10-17-15)13-4-2-3-11-9-16-8-7-14(11)13/h2-6,10,16H,7-9H2,1H3. The first-order valence-corrected chi connectivity index (χ1v) is 6.20. The summed E-state index contributed by atoms with van der Waals surface area (Å²) in [6, 6.07) is 10.5. The molecule has 3 nitrogen and oxygen atoms in total. The summed E-state index contributed by atoms with van der Waals surface area (Å²) in [5.41, 5.74) is 5.30. The van der Waals surface area contributed by atoms with Crippen LogP contribution in [0.4, 0.5) is 0 Å². The Morgan fingerprint density at radius 3 is 2.94 bits per heavy atom. The Labute approximate surface area is 107 Å². The highest BCUT2D eigenvalue weighted by molar-refractivity contribution is 5.68. The maximum absolute atomic E-state index is 5.10. The minimum atomic E-state index is 0.658. The third-order valence-corrected chi connectivity index (χ3v) is 3.40. The molecule has 1 aromatic heterocycles. The van der Waals surface area contributed by atoms with Crippen molar-refractivity contribution in [3.05, 3.63) is 47.7 Å². The second-order valence-electron chi connectivity index (χ2n) is 4.46. The van der Waals surface area contributed by atoms with Gasteiger partial charge >= 0.3 is 0 Å². The molecule has 3 rings (SSSR count). The number of methoxy groups -OCH3 is 1.